The number of imidazole rings is 1. The van der Waals surface area contributed by atoms with Crippen LogP contribution in [0.2, 0.25) is 0 Å². The number of aromatic carboxylic acids is 1. The molecule has 0 saturated heterocycles. The number of nitrogens with zero attached hydrogens (tertiary/aromatic N) is 5. The summed E-state index contributed by atoms with van der Waals surface area (Å²) < 4.78 is 1.79. The lowest BCUT2D eigenvalue weighted by atomic mass is 9.98. The number of H-pyrrole nitrogens is 1. The van der Waals surface area contributed by atoms with Crippen LogP contribution in [0.4, 0.5) is 0 Å². The number of nitrogens with one attached hydrogen (secondary N) is 1. The van der Waals surface area contributed by atoms with Gasteiger partial charge in [0.25, 0.3) is 0 Å². The smallest absolute Gasteiger partial charge is 0.354 e. The molecule has 0 aliphatic heterocycles. The average molecular weight is 402 g/mol. The van der Waals surface area contributed by atoms with Crippen LogP contribution in [-0.2, 0) is 13.0 Å². The fraction of sp³-hybridized carbons (Fsp3) is 0.227. The summed E-state index contributed by atoms with van der Waals surface area (Å²) in [5.74, 6) is 0.386. The van der Waals surface area contributed by atoms with Crippen LogP contribution in [0.5, 0.6) is 0 Å². The molecule has 2 heterocycles. The van der Waals surface area contributed by atoms with Crippen LogP contribution >= 0.6 is 0 Å². The Bertz CT molecular complexity index is 1130. The van der Waals surface area contributed by atoms with E-state index in [1.165, 1.54) is 6.20 Å². The Morgan fingerprint density at radius 3 is 2.53 bits per heavy atom. The Balaban J connectivity index is 1.62. The monoisotopic (exact) mass is 402 g/mol. The summed E-state index contributed by atoms with van der Waals surface area (Å²) in [4.78, 5) is 15.9. The molecule has 2 N–H and O–H groups in total. The van der Waals surface area contributed by atoms with Crippen molar-refractivity contribution in [1.29, 1.82) is 0 Å². The molecule has 0 amide bonds. The molecule has 0 aliphatic carbocycles. The Morgan fingerprint density at radius 1 is 1.10 bits per heavy atom. The summed E-state index contributed by atoms with van der Waals surface area (Å²) in [6.07, 6.45) is 4.22. The minimum atomic E-state index is -0.962. The lowest BCUT2D eigenvalue weighted by Crippen LogP contribution is -2.12. The second kappa shape index (κ2) is 8.69. The maximum absolute atomic E-state index is 11.6. The Hall–Kier alpha value is -3.81. The molecule has 0 spiro atoms. The second-order valence-corrected chi connectivity index (χ2v) is 7.03. The minimum Gasteiger partial charge on any atom is -0.477 e. The Kier molecular flexibility index (Phi) is 5.65. The van der Waals surface area contributed by atoms with E-state index in [-0.39, 0.29) is 5.69 Å². The molecule has 4 rings (SSSR count). The quantitative estimate of drug-likeness (QED) is 0.464. The third-order valence-electron chi connectivity index (χ3n) is 5.03. The first-order chi connectivity index (χ1) is 14.7. The predicted molar refractivity (Wildman–Crippen MR) is 112 cm³/mol. The number of aromatic nitrogens is 6. The Morgan fingerprint density at radius 2 is 1.87 bits per heavy atom. The van der Waals surface area contributed by atoms with E-state index in [2.05, 4.69) is 32.5 Å². The molecule has 0 saturated carbocycles. The summed E-state index contributed by atoms with van der Waals surface area (Å²) in [5.41, 5.74) is 4.14. The van der Waals surface area contributed by atoms with Crippen molar-refractivity contribution in [3.63, 3.8) is 0 Å². The number of hydrogen-bond acceptors (Lipinski definition) is 5. The van der Waals surface area contributed by atoms with Gasteiger partial charge >= 0.3 is 5.97 Å². The highest BCUT2D eigenvalue weighted by atomic mass is 16.4. The summed E-state index contributed by atoms with van der Waals surface area (Å²) >= 11 is 0. The summed E-state index contributed by atoms with van der Waals surface area (Å²) in [6, 6.07) is 16.0. The molecule has 0 unspecified atom stereocenters. The highest BCUT2D eigenvalue weighted by molar-refractivity contribution is 5.85. The molecule has 8 heteroatoms. The van der Waals surface area contributed by atoms with Gasteiger partial charge in [-0.25, -0.2) is 9.78 Å². The van der Waals surface area contributed by atoms with Crippen molar-refractivity contribution in [2.45, 2.75) is 32.7 Å². The van der Waals surface area contributed by atoms with Crippen LogP contribution in [-0.4, -0.2) is 41.3 Å². The zero-order valence-corrected chi connectivity index (χ0v) is 16.6. The molecular weight excluding hydrogens is 380 g/mol. The van der Waals surface area contributed by atoms with Crippen molar-refractivity contribution in [2.24, 2.45) is 0 Å². The van der Waals surface area contributed by atoms with Gasteiger partial charge in [0.1, 0.15) is 11.5 Å². The summed E-state index contributed by atoms with van der Waals surface area (Å²) in [7, 11) is 0. The van der Waals surface area contributed by atoms with E-state index < -0.39 is 5.97 Å². The summed E-state index contributed by atoms with van der Waals surface area (Å²) in [6.45, 7) is 2.57. The molecule has 30 heavy (non-hydrogen) atoms. The van der Waals surface area contributed by atoms with Crippen molar-refractivity contribution in [3.8, 4) is 22.5 Å². The van der Waals surface area contributed by atoms with Gasteiger partial charge in [0.05, 0.1) is 6.20 Å². The first-order valence-electron chi connectivity index (χ1n) is 9.87. The number of hydrogen-bond donors (Lipinski definition) is 2. The van der Waals surface area contributed by atoms with E-state index in [1.807, 2.05) is 48.5 Å². The van der Waals surface area contributed by atoms with E-state index in [0.717, 1.165) is 47.3 Å². The molecule has 4 aromatic rings. The molecule has 0 radical (unpaired) electrons. The molecule has 0 bridgehead atoms. The average Bonchev–Trinajstić information content (AvgIpc) is 3.43. The second-order valence-electron chi connectivity index (χ2n) is 7.03. The van der Waals surface area contributed by atoms with Crippen molar-refractivity contribution in [2.75, 3.05) is 0 Å². The number of benzene rings is 2. The number of carboxylic acids is 1. The van der Waals surface area contributed by atoms with Gasteiger partial charge in [0, 0.05) is 18.5 Å². The number of tetrazole rings is 1. The first-order valence-corrected chi connectivity index (χ1v) is 9.87. The lowest BCUT2D eigenvalue weighted by molar-refractivity contribution is 0.0685. The molecule has 152 valence electrons. The van der Waals surface area contributed by atoms with Gasteiger partial charge in [-0.15, -0.1) is 10.2 Å². The number of unbranched alkanes of at least 4 members (excludes halogenated alkanes) is 1. The molecule has 8 nitrogen and oxygen atoms in total. The number of carbonyl (C=O) groups is 1. The molecule has 2 aromatic carbocycles. The molecular formula is C22H22N6O2. The highest BCUT2D eigenvalue weighted by Gasteiger charge is 2.16. The third-order valence-corrected chi connectivity index (χ3v) is 5.03. The van der Waals surface area contributed by atoms with E-state index in [4.69, 9.17) is 0 Å². The third kappa shape index (κ3) is 3.98. The van der Waals surface area contributed by atoms with Crippen LogP contribution < -0.4 is 0 Å². The van der Waals surface area contributed by atoms with Crippen LogP contribution in [0.25, 0.3) is 22.5 Å². The molecule has 2 aromatic heterocycles. The van der Waals surface area contributed by atoms with Crippen molar-refractivity contribution in [3.05, 3.63) is 71.8 Å². The molecule has 0 atom stereocenters. The highest BCUT2D eigenvalue weighted by Crippen LogP contribution is 2.29. The topological polar surface area (TPSA) is 110 Å². The van der Waals surface area contributed by atoms with Gasteiger partial charge in [-0.05, 0) is 28.3 Å². The fourth-order valence-corrected chi connectivity index (χ4v) is 3.47. The van der Waals surface area contributed by atoms with E-state index >= 15 is 0 Å². The largest absolute Gasteiger partial charge is 0.477 e. The van der Waals surface area contributed by atoms with Gasteiger partial charge in [0.15, 0.2) is 0 Å². The number of carboxylic acid groups (broad SMARTS) is 1. The number of rotatable bonds is 8. The van der Waals surface area contributed by atoms with E-state index in [9.17, 15) is 9.90 Å². The first kappa shape index (κ1) is 19.5. The SMILES string of the molecule is CCCCc1ncc(C(=O)O)n1Cc1ccc(-c2ccccc2-c2nn[nH]n2)cc1. The van der Waals surface area contributed by atoms with Crippen molar-refractivity contribution in [1.82, 2.24) is 30.2 Å². The van der Waals surface area contributed by atoms with Gasteiger partial charge in [-0.2, -0.15) is 5.21 Å². The normalized spacial score (nSPS) is 11.0. The van der Waals surface area contributed by atoms with Crippen LogP contribution in [0.3, 0.4) is 0 Å². The van der Waals surface area contributed by atoms with Gasteiger partial charge in [-0.1, -0.05) is 61.9 Å². The van der Waals surface area contributed by atoms with Gasteiger partial charge < -0.3 is 9.67 Å². The zero-order chi connectivity index (χ0) is 20.9. The zero-order valence-electron chi connectivity index (χ0n) is 16.6. The van der Waals surface area contributed by atoms with Gasteiger partial charge in [-0.3, -0.25) is 0 Å². The minimum absolute atomic E-state index is 0.215. The van der Waals surface area contributed by atoms with Crippen LogP contribution in [0.1, 0.15) is 41.6 Å². The fourth-order valence-electron chi connectivity index (χ4n) is 3.47. The molecule has 0 aliphatic rings. The number of aromatic amines is 1. The maximum Gasteiger partial charge on any atom is 0.354 e. The standard InChI is InChI=1S/C22H22N6O2/c1-2-3-8-20-23-13-19(22(29)30)28(20)14-15-9-11-16(12-10-15)17-6-4-5-7-18(17)21-24-26-27-25-21/h4-7,9-13H,2-3,8,14H2,1H3,(H,29,30)(H,24,25,26,27). The predicted octanol–water partition coefficient (Wildman–Crippen LogP) is 3.82. The lowest BCUT2D eigenvalue weighted by Gasteiger charge is -2.12. The molecule has 0 fully saturated rings. The van der Waals surface area contributed by atoms with Crippen LogP contribution in [0, 0.1) is 0 Å². The van der Waals surface area contributed by atoms with Gasteiger partial charge in [0.2, 0.25) is 5.82 Å². The Labute approximate surface area is 173 Å². The summed E-state index contributed by atoms with van der Waals surface area (Å²) in [5, 5.41) is 23.8. The van der Waals surface area contributed by atoms with Crippen LogP contribution in [0.15, 0.2) is 54.7 Å². The maximum atomic E-state index is 11.6. The van der Waals surface area contributed by atoms with E-state index in [0.29, 0.717) is 12.4 Å². The number of aryl methyl sites for hydroxylation is 1. The van der Waals surface area contributed by atoms with E-state index in [1.54, 1.807) is 4.57 Å². The van der Waals surface area contributed by atoms with Crippen molar-refractivity contribution >= 4 is 5.97 Å². The van der Waals surface area contributed by atoms with Crippen molar-refractivity contribution < 1.29 is 9.90 Å².